The average Bonchev–Trinajstić information content (AvgIpc) is 2.53. The Morgan fingerprint density at radius 1 is 1.25 bits per heavy atom. The minimum atomic E-state index is -0.110. The molecule has 0 aliphatic carbocycles. The van der Waals surface area contributed by atoms with Crippen LogP contribution in [0.15, 0.2) is 48.5 Å². The first-order chi connectivity index (χ1) is 9.65. The van der Waals surface area contributed by atoms with Gasteiger partial charge in [0, 0.05) is 24.2 Å². The van der Waals surface area contributed by atoms with Crippen molar-refractivity contribution in [2.75, 3.05) is 11.9 Å². The van der Waals surface area contributed by atoms with E-state index in [4.69, 9.17) is 16.9 Å². The molecule has 2 aromatic rings. The molecule has 2 rings (SSSR count). The van der Waals surface area contributed by atoms with Crippen molar-refractivity contribution in [2.24, 2.45) is 0 Å². The molecule has 100 valence electrons. The van der Waals surface area contributed by atoms with Crippen LogP contribution < -0.4 is 4.90 Å². The lowest BCUT2D eigenvalue weighted by atomic mass is 10.1. The van der Waals surface area contributed by atoms with E-state index < -0.39 is 0 Å². The van der Waals surface area contributed by atoms with Crippen LogP contribution in [-0.2, 0) is 5.88 Å². The van der Waals surface area contributed by atoms with Crippen molar-refractivity contribution < 1.29 is 4.79 Å². The molecule has 0 bridgehead atoms. The predicted molar refractivity (Wildman–Crippen MR) is 79.9 cm³/mol. The Hall–Kier alpha value is -2.31. The molecule has 3 nitrogen and oxygen atoms in total. The van der Waals surface area contributed by atoms with Crippen LogP contribution >= 0.6 is 11.6 Å². The van der Waals surface area contributed by atoms with Gasteiger partial charge in [0.15, 0.2) is 0 Å². The summed E-state index contributed by atoms with van der Waals surface area (Å²) in [6.07, 6.45) is 0. The van der Waals surface area contributed by atoms with Crippen LogP contribution in [-0.4, -0.2) is 13.0 Å². The third-order valence-electron chi connectivity index (χ3n) is 3.02. The predicted octanol–water partition coefficient (Wildman–Crippen LogP) is 3.57. The standard InChI is InChI=1S/C16H13ClN2O/c1-19(15-7-5-12(11-18)6-8-15)16(20)14-4-2-3-13(9-14)10-17/h2-9H,10H2,1H3. The zero-order valence-corrected chi connectivity index (χ0v) is 11.8. The van der Waals surface area contributed by atoms with Crippen molar-refractivity contribution in [3.63, 3.8) is 0 Å². The molecule has 0 aliphatic rings. The lowest BCUT2D eigenvalue weighted by Crippen LogP contribution is -2.26. The van der Waals surface area contributed by atoms with Crippen molar-refractivity contribution in [1.29, 1.82) is 5.26 Å². The summed E-state index contributed by atoms with van der Waals surface area (Å²) in [5.41, 5.74) is 2.81. The Balaban J connectivity index is 2.25. The first-order valence-corrected chi connectivity index (χ1v) is 6.62. The summed E-state index contributed by atoms with van der Waals surface area (Å²) in [6, 6.07) is 16.2. The number of amides is 1. The maximum atomic E-state index is 12.4. The number of rotatable bonds is 3. The van der Waals surface area contributed by atoms with E-state index in [1.165, 1.54) is 0 Å². The fourth-order valence-corrected chi connectivity index (χ4v) is 2.02. The zero-order valence-electron chi connectivity index (χ0n) is 11.0. The molecule has 0 fully saturated rings. The number of nitrogens with zero attached hydrogens (tertiary/aromatic N) is 2. The van der Waals surface area contributed by atoms with E-state index in [0.717, 1.165) is 11.3 Å². The molecule has 0 saturated heterocycles. The van der Waals surface area contributed by atoms with Gasteiger partial charge in [-0.2, -0.15) is 5.26 Å². The summed E-state index contributed by atoms with van der Waals surface area (Å²) in [6.45, 7) is 0. The minimum absolute atomic E-state index is 0.110. The zero-order chi connectivity index (χ0) is 14.5. The number of halogens is 1. The molecule has 0 saturated carbocycles. The number of benzene rings is 2. The van der Waals surface area contributed by atoms with Crippen LogP contribution in [0.5, 0.6) is 0 Å². The highest BCUT2D eigenvalue weighted by molar-refractivity contribution is 6.17. The van der Waals surface area contributed by atoms with Crippen molar-refractivity contribution in [2.45, 2.75) is 5.88 Å². The largest absolute Gasteiger partial charge is 0.311 e. The number of carbonyl (C=O) groups is 1. The fraction of sp³-hybridized carbons (Fsp3) is 0.125. The van der Waals surface area contributed by atoms with Gasteiger partial charge in [0.2, 0.25) is 0 Å². The topological polar surface area (TPSA) is 44.1 Å². The molecule has 20 heavy (non-hydrogen) atoms. The Morgan fingerprint density at radius 2 is 1.95 bits per heavy atom. The van der Waals surface area contributed by atoms with E-state index >= 15 is 0 Å². The van der Waals surface area contributed by atoms with Crippen LogP contribution in [0.4, 0.5) is 5.69 Å². The second-order valence-electron chi connectivity index (χ2n) is 4.36. The minimum Gasteiger partial charge on any atom is -0.311 e. The van der Waals surface area contributed by atoms with E-state index in [9.17, 15) is 4.79 Å². The van der Waals surface area contributed by atoms with E-state index in [-0.39, 0.29) is 5.91 Å². The van der Waals surface area contributed by atoms with Crippen LogP contribution in [0.3, 0.4) is 0 Å². The van der Waals surface area contributed by atoms with Crippen molar-refractivity contribution in [3.8, 4) is 6.07 Å². The molecule has 0 heterocycles. The van der Waals surface area contributed by atoms with Gasteiger partial charge in [-0.05, 0) is 42.0 Å². The summed E-state index contributed by atoms with van der Waals surface area (Å²) < 4.78 is 0. The van der Waals surface area contributed by atoms with Crippen molar-refractivity contribution in [1.82, 2.24) is 0 Å². The van der Waals surface area contributed by atoms with Crippen molar-refractivity contribution in [3.05, 3.63) is 65.2 Å². The van der Waals surface area contributed by atoms with E-state index in [1.54, 1.807) is 48.3 Å². The number of anilines is 1. The van der Waals surface area contributed by atoms with Gasteiger partial charge in [0.25, 0.3) is 5.91 Å². The van der Waals surface area contributed by atoms with Crippen LogP contribution in [0.2, 0.25) is 0 Å². The maximum absolute atomic E-state index is 12.4. The van der Waals surface area contributed by atoms with E-state index in [1.807, 2.05) is 12.1 Å². The summed E-state index contributed by atoms with van der Waals surface area (Å²) in [5, 5.41) is 8.77. The van der Waals surface area contributed by atoms with Gasteiger partial charge < -0.3 is 4.90 Å². The number of nitriles is 1. The van der Waals surface area contributed by atoms with Gasteiger partial charge >= 0.3 is 0 Å². The normalized spacial score (nSPS) is 9.85. The number of alkyl halides is 1. The molecule has 0 unspecified atom stereocenters. The smallest absolute Gasteiger partial charge is 0.258 e. The monoisotopic (exact) mass is 284 g/mol. The van der Waals surface area contributed by atoms with Gasteiger partial charge in [0.1, 0.15) is 0 Å². The van der Waals surface area contributed by atoms with E-state index in [0.29, 0.717) is 17.0 Å². The summed E-state index contributed by atoms with van der Waals surface area (Å²) in [7, 11) is 1.71. The quantitative estimate of drug-likeness (QED) is 0.809. The Morgan fingerprint density at radius 3 is 2.55 bits per heavy atom. The Bertz CT molecular complexity index is 659. The Labute approximate surface area is 123 Å². The first-order valence-electron chi connectivity index (χ1n) is 6.09. The second-order valence-corrected chi connectivity index (χ2v) is 4.62. The van der Waals surface area contributed by atoms with Gasteiger partial charge in [-0.25, -0.2) is 0 Å². The highest BCUT2D eigenvalue weighted by Crippen LogP contribution is 2.17. The molecular weight excluding hydrogens is 272 g/mol. The Kier molecular flexibility index (Phi) is 4.39. The molecule has 0 spiro atoms. The SMILES string of the molecule is CN(C(=O)c1cccc(CCl)c1)c1ccc(C#N)cc1. The fourth-order valence-electron chi connectivity index (χ4n) is 1.86. The summed E-state index contributed by atoms with van der Waals surface area (Å²) in [4.78, 5) is 13.9. The highest BCUT2D eigenvalue weighted by atomic mass is 35.5. The molecule has 0 aliphatic heterocycles. The lowest BCUT2D eigenvalue weighted by Gasteiger charge is -2.17. The average molecular weight is 285 g/mol. The van der Waals surface area contributed by atoms with E-state index in [2.05, 4.69) is 6.07 Å². The molecule has 0 N–H and O–H groups in total. The summed E-state index contributed by atoms with van der Waals surface area (Å²) >= 11 is 5.78. The molecule has 1 amide bonds. The molecule has 2 aromatic carbocycles. The molecule has 0 radical (unpaired) electrons. The third kappa shape index (κ3) is 2.98. The second kappa shape index (κ2) is 6.23. The number of carbonyl (C=O) groups excluding carboxylic acids is 1. The van der Waals surface area contributed by atoms with Crippen LogP contribution in [0.25, 0.3) is 0 Å². The van der Waals surface area contributed by atoms with Gasteiger partial charge in [-0.3, -0.25) is 4.79 Å². The molecule has 0 atom stereocenters. The maximum Gasteiger partial charge on any atom is 0.258 e. The lowest BCUT2D eigenvalue weighted by molar-refractivity contribution is 0.0993. The van der Waals surface area contributed by atoms with Crippen molar-refractivity contribution >= 4 is 23.2 Å². The first kappa shape index (κ1) is 14.1. The third-order valence-corrected chi connectivity index (χ3v) is 3.33. The van der Waals surface area contributed by atoms with Gasteiger partial charge in [-0.1, -0.05) is 12.1 Å². The highest BCUT2D eigenvalue weighted by Gasteiger charge is 2.13. The molecule has 0 aromatic heterocycles. The summed E-state index contributed by atoms with van der Waals surface area (Å²) in [5.74, 6) is 0.267. The van der Waals surface area contributed by atoms with Gasteiger partial charge in [0.05, 0.1) is 11.6 Å². The number of hydrogen-bond acceptors (Lipinski definition) is 2. The van der Waals surface area contributed by atoms with Crippen LogP contribution in [0.1, 0.15) is 21.5 Å². The van der Waals surface area contributed by atoms with Crippen LogP contribution in [0, 0.1) is 11.3 Å². The van der Waals surface area contributed by atoms with Gasteiger partial charge in [-0.15, -0.1) is 11.6 Å². The number of hydrogen-bond donors (Lipinski definition) is 0. The molecule has 4 heteroatoms. The molecular formula is C16H13ClN2O.